The van der Waals surface area contributed by atoms with E-state index in [0.717, 1.165) is 5.70 Å². The zero-order valence-electron chi connectivity index (χ0n) is 23.6. The van der Waals surface area contributed by atoms with E-state index < -0.39 is 11.9 Å². The number of pyridine rings is 1. The van der Waals surface area contributed by atoms with E-state index >= 15 is 0 Å². The highest BCUT2D eigenvalue weighted by Crippen LogP contribution is 2.24. The van der Waals surface area contributed by atoms with E-state index in [4.69, 9.17) is 5.73 Å². The smallest absolute Gasteiger partial charge is 0.264 e. The summed E-state index contributed by atoms with van der Waals surface area (Å²) < 4.78 is 3.07. The van der Waals surface area contributed by atoms with Crippen LogP contribution in [0, 0.1) is 11.8 Å². The predicted octanol–water partition coefficient (Wildman–Crippen LogP) is 4.30. The lowest BCUT2D eigenvalue weighted by molar-refractivity contribution is 0.0941. The highest BCUT2D eigenvalue weighted by Gasteiger charge is 2.23. The van der Waals surface area contributed by atoms with Crippen LogP contribution in [-0.2, 0) is 0 Å². The second-order valence-electron chi connectivity index (χ2n) is 9.72. The predicted molar refractivity (Wildman–Crippen MR) is 165 cm³/mol. The van der Waals surface area contributed by atoms with Gasteiger partial charge in [-0.3, -0.25) is 19.2 Å². The van der Waals surface area contributed by atoms with Crippen LogP contribution in [0.15, 0.2) is 95.2 Å². The normalized spacial score (nSPS) is 11.8. The number of aromatic nitrogens is 4. The van der Waals surface area contributed by atoms with E-state index in [1.165, 1.54) is 4.52 Å². The molecule has 210 valence electrons. The molecule has 10 nitrogen and oxygen atoms in total. The Kier molecular flexibility index (Phi) is 7.84. The maximum absolute atomic E-state index is 14.2. The number of hydrogen-bond acceptors (Lipinski definition) is 7. The Bertz CT molecular complexity index is 1960. The largest absolute Gasteiger partial charge is 0.381 e. The molecule has 0 radical (unpaired) electrons. The molecule has 0 aliphatic carbocycles. The van der Waals surface area contributed by atoms with Gasteiger partial charge < -0.3 is 11.1 Å². The third-order valence-electron chi connectivity index (χ3n) is 6.75. The van der Waals surface area contributed by atoms with Gasteiger partial charge in [0, 0.05) is 54.7 Å². The molecule has 0 saturated heterocycles. The Hall–Kier alpha value is -5.69. The monoisotopic (exact) mass is 558 g/mol. The average Bonchev–Trinajstić information content (AvgIpc) is 3.32. The number of hydrazone groups is 1. The van der Waals surface area contributed by atoms with Gasteiger partial charge in [0.25, 0.3) is 11.5 Å². The summed E-state index contributed by atoms with van der Waals surface area (Å²) in [5.41, 5.74) is 9.03. The van der Waals surface area contributed by atoms with Crippen LogP contribution in [0.3, 0.4) is 0 Å². The quantitative estimate of drug-likeness (QED) is 0.174. The minimum Gasteiger partial charge on any atom is -0.381 e. The molecule has 3 N–H and O–H groups in total. The zero-order valence-corrected chi connectivity index (χ0v) is 23.6. The van der Waals surface area contributed by atoms with Crippen LogP contribution in [0.4, 0.5) is 5.82 Å². The molecule has 0 aliphatic rings. The lowest BCUT2D eigenvalue weighted by atomic mass is 10.0. The molecule has 5 rings (SSSR count). The maximum atomic E-state index is 14.2. The van der Waals surface area contributed by atoms with Gasteiger partial charge in [-0.1, -0.05) is 48.8 Å². The van der Waals surface area contributed by atoms with Crippen LogP contribution in [-0.4, -0.2) is 43.3 Å². The van der Waals surface area contributed by atoms with Crippen LogP contribution in [0.1, 0.15) is 47.9 Å². The number of carbonyl (C=O) groups excluding carboxylic acids is 1. The zero-order chi connectivity index (χ0) is 29.8. The number of nitrogens with two attached hydrogens (primary N) is 1. The molecule has 1 unspecified atom stereocenters. The van der Waals surface area contributed by atoms with E-state index in [1.807, 2.05) is 75.5 Å². The molecule has 0 saturated carbocycles. The van der Waals surface area contributed by atoms with Crippen LogP contribution in [0.5, 0.6) is 0 Å². The number of amides is 1. The number of nitrogen functional groups attached to an aromatic ring is 1. The molecule has 0 aliphatic heterocycles. The van der Waals surface area contributed by atoms with E-state index in [0.29, 0.717) is 39.8 Å². The number of benzene rings is 2. The Morgan fingerprint density at radius 2 is 2.00 bits per heavy atom. The number of carbonyl (C=O) groups is 1. The fraction of sp³-hybridized carbons (Fsp3) is 0.156. The molecule has 0 bridgehead atoms. The summed E-state index contributed by atoms with van der Waals surface area (Å²) >= 11 is 0. The fourth-order valence-electron chi connectivity index (χ4n) is 4.57. The SMILES string of the molecule is C=C(C)N(C)/N=C\CC#Cc1cccc2cc(C(C)NC(=O)c3c(N)nn4cccnc34)n(-c3ccccc3)c(=O)c12. The molecular weight excluding hydrogens is 528 g/mol. The molecule has 42 heavy (non-hydrogen) atoms. The second-order valence-corrected chi connectivity index (χ2v) is 9.72. The molecule has 5 aromatic rings. The maximum Gasteiger partial charge on any atom is 0.264 e. The Labute approximate surface area is 242 Å². The van der Waals surface area contributed by atoms with Gasteiger partial charge in [0.15, 0.2) is 11.5 Å². The lowest BCUT2D eigenvalue weighted by Crippen LogP contribution is -2.32. The molecule has 1 amide bonds. The number of rotatable bonds is 7. The van der Waals surface area contributed by atoms with Crippen molar-refractivity contribution in [3.8, 4) is 17.5 Å². The topological polar surface area (TPSA) is 123 Å². The Morgan fingerprint density at radius 1 is 1.21 bits per heavy atom. The van der Waals surface area contributed by atoms with E-state index in [-0.39, 0.29) is 16.9 Å². The first-order valence-electron chi connectivity index (χ1n) is 13.3. The molecular formula is C32H30N8O2. The molecule has 10 heteroatoms. The van der Waals surface area contributed by atoms with Gasteiger partial charge >= 0.3 is 0 Å². The number of hydrogen-bond donors (Lipinski definition) is 2. The number of para-hydroxylation sites is 1. The minimum atomic E-state index is -0.580. The van der Waals surface area contributed by atoms with Gasteiger partial charge in [-0.15, -0.1) is 5.10 Å². The third-order valence-corrected chi connectivity index (χ3v) is 6.75. The lowest BCUT2D eigenvalue weighted by Gasteiger charge is -2.21. The third kappa shape index (κ3) is 5.48. The summed E-state index contributed by atoms with van der Waals surface area (Å²) in [6.45, 7) is 7.53. The van der Waals surface area contributed by atoms with Gasteiger partial charge in [0.1, 0.15) is 5.56 Å². The molecule has 0 fully saturated rings. The van der Waals surface area contributed by atoms with E-state index in [9.17, 15) is 9.59 Å². The summed E-state index contributed by atoms with van der Waals surface area (Å²) in [5.74, 6) is 5.85. The van der Waals surface area contributed by atoms with Crippen molar-refractivity contribution in [2.45, 2.75) is 26.3 Å². The van der Waals surface area contributed by atoms with Crippen molar-refractivity contribution in [1.29, 1.82) is 0 Å². The first-order chi connectivity index (χ1) is 20.3. The van der Waals surface area contributed by atoms with Crippen molar-refractivity contribution in [1.82, 2.24) is 29.5 Å². The molecule has 3 aromatic heterocycles. The van der Waals surface area contributed by atoms with Crippen LogP contribution in [0.25, 0.3) is 22.1 Å². The van der Waals surface area contributed by atoms with Crippen molar-refractivity contribution in [3.05, 3.63) is 113 Å². The minimum absolute atomic E-state index is 0.0666. The van der Waals surface area contributed by atoms with Gasteiger partial charge in [-0.05, 0) is 49.6 Å². The van der Waals surface area contributed by atoms with Crippen molar-refractivity contribution < 1.29 is 4.79 Å². The summed E-state index contributed by atoms with van der Waals surface area (Å²) in [6.07, 6.45) is 5.34. The van der Waals surface area contributed by atoms with Gasteiger partial charge in [-0.2, -0.15) is 5.10 Å². The second kappa shape index (κ2) is 11.8. The van der Waals surface area contributed by atoms with Crippen molar-refractivity contribution in [2.24, 2.45) is 5.10 Å². The van der Waals surface area contributed by atoms with Crippen molar-refractivity contribution in [3.63, 3.8) is 0 Å². The van der Waals surface area contributed by atoms with Gasteiger partial charge in [0.05, 0.1) is 11.4 Å². The van der Waals surface area contributed by atoms with Crippen LogP contribution >= 0.6 is 0 Å². The summed E-state index contributed by atoms with van der Waals surface area (Å²) in [5, 5.41) is 14.3. The number of nitrogens with one attached hydrogen (secondary N) is 1. The number of nitrogens with zero attached hydrogens (tertiary/aromatic N) is 6. The van der Waals surface area contributed by atoms with Gasteiger partial charge in [0.2, 0.25) is 0 Å². The van der Waals surface area contributed by atoms with Crippen molar-refractivity contribution >= 4 is 34.4 Å². The summed E-state index contributed by atoms with van der Waals surface area (Å²) in [7, 11) is 1.81. The molecule has 2 aromatic carbocycles. The Balaban J connectivity index is 1.56. The number of allylic oxidation sites excluding steroid dienone is 1. The summed E-state index contributed by atoms with van der Waals surface area (Å²) in [6, 6.07) is 17.9. The summed E-state index contributed by atoms with van der Waals surface area (Å²) in [4.78, 5) is 31.8. The van der Waals surface area contributed by atoms with Crippen LogP contribution in [0.2, 0.25) is 0 Å². The Morgan fingerprint density at radius 3 is 2.76 bits per heavy atom. The fourth-order valence-corrected chi connectivity index (χ4v) is 4.57. The van der Waals surface area contributed by atoms with Crippen LogP contribution < -0.4 is 16.6 Å². The number of anilines is 1. The first-order valence-corrected chi connectivity index (χ1v) is 13.3. The van der Waals surface area contributed by atoms with E-state index in [2.05, 4.69) is 38.9 Å². The van der Waals surface area contributed by atoms with Crippen molar-refractivity contribution in [2.75, 3.05) is 12.8 Å². The molecule has 3 heterocycles. The molecule has 1 atom stereocenters. The first kappa shape index (κ1) is 27.9. The molecule has 0 spiro atoms. The van der Waals surface area contributed by atoms with E-state index in [1.54, 1.807) is 34.3 Å². The highest BCUT2D eigenvalue weighted by atomic mass is 16.2. The number of fused-ring (bicyclic) bond motifs is 2. The highest BCUT2D eigenvalue weighted by molar-refractivity contribution is 6.04. The standard InChI is InChI=1S/C32H30N8O2/c1-21(2)38(4)35-18-9-8-12-23-13-10-14-24-20-26(40(32(42)27(23)24)25-15-6-5-7-16-25)22(3)36-31(41)28-29(33)37-39-19-11-17-34-30(28)39/h5-7,10-11,13-20,22H,1,9H2,2-4H3,(H2,33,37)(H,36,41)/b35-18-. The average molecular weight is 559 g/mol. The van der Waals surface area contributed by atoms with Gasteiger partial charge in [-0.25, -0.2) is 9.50 Å².